The van der Waals surface area contributed by atoms with Crippen molar-refractivity contribution in [3.63, 3.8) is 0 Å². The van der Waals surface area contributed by atoms with Gasteiger partial charge in [0.1, 0.15) is 0 Å². The first-order valence-electron chi connectivity index (χ1n) is 7.28. The molecule has 1 fully saturated rings. The number of carbonyl (C=O) groups is 1. The van der Waals surface area contributed by atoms with Crippen LogP contribution in [0.15, 0.2) is 0 Å². The van der Waals surface area contributed by atoms with Crippen LogP contribution in [0.3, 0.4) is 0 Å². The third-order valence-electron chi connectivity index (χ3n) is 4.19. The van der Waals surface area contributed by atoms with E-state index in [9.17, 15) is 4.79 Å². The SMILES string of the molecule is CCC(C)(CCO)NC(=O)NC(C)C1CCOCC1. The third-order valence-corrected chi connectivity index (χ3v) is 4.19. The second kappa shape index (κ2) is 7.70. The molecule has 2 amide bonds. The molecule has 5 nitrogen and oxygen atoms in total. The highest BCUT2D eigenvalue weighted by molar-refractivity contribution is 5.75. The molecular weight excluding hydrogens is 244 g/mol. The Labute approximate surface area is 116 Å². The number of ether oxygens (including phenoxy) is 1. The highest BCUT2D eigenvalue weighted by atomic mass is 16.5. The summed E-state index contributed by atoms with van der Waals surface area (Å²) in [6.07, 6.45) is 3.38. The van der Waals surface area contributed by atoms with Crippen molar-refractivity contribution < 1.29 is 14.6 Å². The lowest BCUT2D eigenvalue weighted by Crippen LogP contribution is -2.53. The van der Waals surface area contributed by atoms with E-state index in [1.807, 2.05) is 20.8 Å². The van der Waals surface area contributed by atoms with Gasteiger partial charge >= 0.3 is 6.03 Å². The second-order valence-electron chi connectivity index (χ2n) is 5.72. The topological polar surface area (TPSA) is 70.6 Å². The molecule has 1 saturated heterocycles. The zero-order valence-corrected chi connectivity index (χ0v) is 12.4. The number of amides is 2. The summed E-state index contributed by atoms with van der Waals surface area (Å²) >= 11 is 0. The molecule has 1 heterocycles. The molecular formula is C14H28N2O3. The fourth-order valence-corrected chi connectivity index (χ4v) is 2.43. The van der Waals surface area contributed by atoms with Gasteiger partial charge in [-0.15, -0.1) is 0 Å². The van der Waals surface area contributed by atoms with Gasteiger partial charge in [-0.25, -0.2) is 4.79 Å². The quantitative estimate of drug-likeness (QED) is 0.688. The van der Waals surface area contributed by atoms with Gasteiger partial charge in [0.15, 0.2) is 0 Å². The lowest BCUT2D eigenvalue weighted by atomic mass is 9.93. The average molecular weight is 272 g/mol. The molecule has 0 radical (unpaired) electrons. The first-order chi connectivity index (χ1) is 9.00. The number of rotatable bonds is 6. The molecule has 0 spiro atoms. The minimum Gasteiger partial charge on any atom is -0.396 e. The summed E-state index contributed by atoms with van der Waals surface area (Å²) in [6.45, 7) is 7.68. The van der Waals surface area contributed by atoms with Crippen LogP contribution in [0.25, 0.3) is 0 Å². The predicted molar refractivity (Wildman–Crippen MR) is 75.1 cm³/mol. The summed E-state index contributed by atoms with van der Waals surface area (Å²) in [5.74, 6) is 0.491. The van der Waals surface area contributed by atoms with E-state index in [1.54, 1.807) is 0 Å². The third kappa shape index (κ3) is 5.37. The number of hydrogen-bond donors (Lipinski definition) is 3. The monoisotopic (exact) mass is 272 g/mol. The van der Waals surface area contributed by atoms with Crippen molar-refractivity contribution in [2.75, 3.05) is 19.8 Å². The van der Waals surface area contributed by atoms with Crippen LogP contribution in [0.2, 0.25) is 0 Å². The first kappa shape index (κ1) is 16.2. The number of hydrogen-bond acceptors (Lipinski definition) is 3. The van der Waals surface area contributed by atoms with Gasteiger partial charge in [0.25, 0.3) is 0 Å². The standard InChI is InChI=1S/C14H28N2O3/c1-4-14(3,7-8-17)16-13(18)15-11(2)12-5-9-19-10-6-12/h11-12,17H,4-10H2,1-3H3,(H2,15,16,18). The van der Waals surface area contributed by atoms with Crippen molar-refractivity contribution in [2.24, 2.45) is 5.92 Å². The molecule has 3 N–H and O–H groups in total. The maximum Gasteiger partial charge on any atom is 0.315 e. The first-order valence-corrected chi connectivity index (χ1v) is 7.28. The minimum absolute atomic E-state index is 0.0835. The van der Waals surface area contributed by atoms with Crippen molar-refractivity contribution in [1.82, 2.24) is 10.6 Å². The van der Waals surface area contributed by atoms with Gasteiger partial charge in [0, 0.05) is 31.4 Å². The molecule has 0 saturated carbocycles. The zero-order chi connectivity index (χ0) is 14.3. The van der Waals surface area contributed by atoms with E-state index < -0.39 is 0 Å². The van der Waals surface area contributed by atoms with Crippen LogP contribution in [0.4, 0.5) is 4.79 Å². The number of urea groups is 1. The van der Waals surface area contributed by atoms with E-state index in [0.717, 1.165) is 32.5 Å². The van der Waals surface area contributed by atoms with E-state index >= 15 is 0 Å². The summed E-state index contributed by atoms with van der Waals surface area (Å²) < 4.78 is 5.33. The van der Waals surface area contributed by atoms with Gasteiger partial charge in [0.2, 0.25) is 0 Å². The Hall–Kier alpha value is -0.810. The lowest BCUT2D eigenvalue weighted by Gasteiger charge is -2.32. The fourth-order valence-electron chi connectivity index (χ4n) is 2.43. The predicted octanol–water partition coefficient (Wildman–Crippen LogP) is 1.65. The average Bonchev–Trinajstić information content (AvgIpc) is 2.39. The molecule has 2 atom stereocenters. The fraction of sp³-hybridized carbons (Fsp3) is 0.929. The van der Waals surface area contributed by atoms with Crippen molar-refractivity contribution in [1.29, 1.82) is 0 Å². The van der Waals surface area contributed by atoms with Crippen LogP contribution in [-0.2, 0) is 4.74 Å². The van der Waals surface area contributed by atoms with Crippen LogP contribution >= 0.6 is 0 Å². The van der Waals surface area contributed by atoms with Crippen molar-refractivity contribution in [3.8, 4) is 0 Å². The lowest BCUT2D eigenvalue weighted by molar-refractivity contribution is 0.0568. The van der Waals surface area contributed by atoms with Crippen LogP contribution in [0.5, 0.6) is 0 Å². The van der Waals surface area contributed by atoms with E-state index in [1.165, 1.54) is 0 Å². The summed E-state index contributed by atoms with van der Waals surface area (Å²) in [5.41, 5.74) is -0.339. The Kier molecular flexibility index (Phi) is 6.58. The van der Waals surface area contributed by atoms with Crippen molar-refractivity contribution >= 4 is 6.03 Å². The van der Waals surface area contributed by atoms with Gasteiger partial charge in [-0.3, -0.25) is 0 Å². The highest BCUT2D eigenvalue weighted by Crippen LogP contribution is 2.19. The molecule has 2 unspecified atom stereocenters. The van der Waals surface area contributed by atoms with Crippen molar-refractivity contribution in [3.05, 3.63) is 0 Å². The van der Waals surface area contributed by atoms with Gasteiger partial charge in [-0.1, -0.05) is 6.92 Å². The Morgan fingerprint density at radius 2 is 2.11 bits per heavy atom. The van der Waals surface area contributed by atoms with Gasteiger partial charge in [-0.05, 0) is 45.4 Å². The number of aliphatic hydroxyl groups excluding tert-OH is 1. The molecule has 112 valence electrons. The van der Waals surface area contributed by atoms with Crippen LogP contribution < -0.4 is 10.6 Å². The molecule has 1 aliphatic heterocycles. The second-order valence-corrected chi connectivity index (χ2v) is 5.72. The summed E-state index contributed by atoms with van der Waals surface area (Å²) in [4.78, 5) is 12.0. The molecule has 5 heteroatoms. The molecule has 0 aromatic heterocycles. The Morgan fingerprint density at radius 1 is 1.47 bits per heavy atom. The summed E-state index contributed by atoms with van der Waals surface area (Å²) in [5, 5.41) is 15.0. The molecule has 1 aliphatic rings. The summed E-state index contributed by atoms with van der Waals surface area (Å²) in [7, 11) is 0. The molecule has 0 aliphatic carbocycles. The number of nitrogens with one attached hydrogen (secondary N) is 2. The molecule has 0 aromatic carbocycles. The highest BCUT2D eigenvalue weighted by Gasteiger charge is 2.26. The maximum atomic E-state index is 12.0. The van der Waals surface area contributed by atoms with Gasteiger partial charge < -0.3 is 20.5 Å². The van der Waals surface area contributed by atoms with Crippen LogP contribution in [-0.4, -0.2) is 42.5 Å². The van der Waals surface area contributed by atoms with E-state index in [-0.39, 0.29) is 24.2 Å². The van der Waals surface area contributed by atoms with E-state index in [0.29, 0.717) is 12.3 Å². The van der Waals surface area contributed by atoms with Gasteiger partial charge in [-0.2, -0.15) is 0 Å². The Bertz CT molecular complexity index is 280. The summed E-state index contributed by atoms with van der Waals surface area (Å²) in [6, 6.07) is 0.0101. The molecule has 0 aromatic rings. The molecule has 1 rings (SSSR count). The van der Waals surface area contributed by atoms with Crippen LogP contribution in [0.1, 0.15) is 46.5 Å². The Balaban J connectivity index is 2.40. The molecule has 19 heavy (non-hydrogen) atoms. The van der Waals surface area contributed by atoms with Gasteiger partial charge in [0.05, 0.1) is 0 Å². The molecule has 0 bridgehead atoms. The largest absolute Gasteiger partial charge is 0.396 e. The zero-order valence-electron chi connectivity index (χ0n) is 12.4. The number of carbonyl (C=O) groups excluding carboxylic acids is 1. The maximum absolute atomic E-state index is 12.0. The number of aliphatic hydroxyl groups is 1. The van der Waals surface area contributed by atoms with Crippen molar-refractivity contribution in [2.45, 2.75) is 58.0 Å². The van der Waals surface area contributed by atoms with E-state index in [4.69, 9.17) is 9.84 Å². The van der Waals surface area contributed by atoms with E-state index in [2.05, 4.69) is 10.6 Å². The Morgan fingerprint density at radius 3 is 2.63 bits per heavy atom. The minimum atomic E-state index is -0.339. The van der Waals surface area contributed by atoms with Crippen LogP contribution in [0, 0.1) is 5.92 Å². The smallest absolute Gasteiger partial charge is 0.315 e. The normalized spacial score (nSPS) is 21.5.